The summed E-state index contributed by atoms with van der Waals surface area (Å²) in [6.07, 6.45) is 4.62. The van der Waals surface area contributed by atoms with Crippen molar-refractivity contribution in [1.82, 2.24) is 0 Å². The van der Waals surface area contributed by atoms with E-state index < -0.39 is 0 Å². The minimum absolute atomic E-state index is 0. The molecular formula is C62H154O13. The lowest BCUT2D eigenvalue weighted by molar-refractivity contribution is -0.0531. The average molecular weight is 1110 g/mol. The molecule has 480 valence electrons. The molecule has 0 amide bonds. The summed E-state index contributed by atoms with van der Waals surface area (Å²) in [6, 6.07) is 0. The van der Waals surface area contributed by atoms with E-state index in [2.05, 4.69) is 96.9 Å². The Kier molecular flexibility index (Phi) is 121. The molecule has 0 aromatic carbocycles. The Balaban J connectivity index is -0.0000000425. The second-order valence-electron chi connectivity index (χ2n) is 21.7. The van der Waals surface area contributed by atoms with Crippen LogP contribution in [0.1, 0.15) is 243 Å². The van der Waals surface area contributed by atoms with Crippen LogP contribution in [0.4, 0.5) is 0 Å². The molecule has 0 saturated carbocycles. The zero-order valence-corrected chi connectivity index (χ0v) is 48.7. The van der Waals surface area contributed by atoms with E-state index in [1.54, 1.807) is 28.4 Å². The Morgan fingerprint density at radius 1 is 0.333 bits per heavy atom. The third-order valence-corrected chi connectivity index (χ3v) is 8.28. The quantitative estimate of drug-likeness (QED) is 0.0416. The standard InChI is InChI=1S/C10H22O2.C9H20O2.C8H18O2.3C7H16O2.C6H14O.8CH4/c1-8(2)6-9(11)7-12-10(3,4)5;1-7(2)5-9(10)6-11-8(3)4;1-4-10-6-8(9)5-7(2)3;3*1-6(2)4-7(8)5-9-3;1-6(2)4-5-7-3;;;;;;;;/h8-9,11H,6-7H2,1-5H3;7-10H,5-6H2,1-4H3;7-9H,4-6H2,1-3H3;3*6-8H,4-5H2,1-3H3;6H,4-5H2,1-3H3;8*1H4/t;;;2*7-;;;;;;;;;;/m...10........../s1. The largest absolute Gasteiger partial charge is 0.391 e. The number of methoxy groups -OCH3 is 4. The van der Waals surface area contributed by atoms with Gasteiger partial charge in [-0.05, 0) is 128 Å². The van der Waals surface area contributed by atoms with Gasteiger partial charge in [0.05, 0.1) is 88.0 Å². The van der Waals surface area contributed by atoms with Crippen molar-refractivity contribution in [1.29, 1.82) is 0 Å². The Hall–Kier alpha value is -0.520. The van der Waals surface area contributed by atoms with E-state index in [0.29, 0.717) is 81.8 Å². The van der Waals surface area contributed by atoms with Crippen molar-refractivity contribution in [3.05, 3.63) is 0 Å². The number of hydrogen-bond acceptors (Lipinski definition) is 13. The van der Waals surface area contributed by atoms with Crippen molar-refractivity contribution in [2.24, 2.45) is 41.4 Å². The lowest BCUT2D eigenvalue weighted by Gasteiger charge is -2.22. The van der Waals surface area contributed by atoms with Crippen LogP contribution in [0.2, 0.25) is 0 Å². The molecule has 0 bridgehead atoms. The van der Waals surface area contributed by atoms with Crippen molar-refractivity contribution in [2.75, 3.05) is 81.3 Å². The van der Waals surface area contributed by atoms with Crippen molar-refractivity contribution < 1.29 is 63.8 Å². The van der Waals surface area contributed by atoms with Crippen molar-refractivity contribution >= 4 is 0 Å². The van der Waals surface area contributed by atoms with Gasteiger partial charge in [0.1, 0.15) is 0 Å². The molecule has 0 aromatic heterocycles. The summed E-state index contributed by atoms with van der Waals surface area (Å²) in [5, 5.41) is 55.3. The summed E-state index contributed by atoms with van der Waals surface area (Å²) in [6.45, 7) is 45.7. The molecule has 0 aliphatic rings. The van der Waals surface area contributed by atoms with Gasteiger partial charge in [0.2, 0.25) is 0 Å². The Morgan fingerprint density at radius 3 is 0.747 bits per heavy atom. The van der Waals surface area contributed by atoms with Crippen LogP contribution in [-0.4, -0.2) is 160 Å². The monoisotopic (exact) mass is 1110 g/mol. The topological polar surface area (TPSA) is 186 Å². The third kappa shape index (κ3) is 142. The van der Waals surface area contributed by atoms with Crippen LogP contribution in [0.5, 0.6) is 0 Å². The molecule has 0 spiro atoms. The molecule has 6 atom stereocenters. The van der Waals surface area contributed by atoms with E-state index >= 15 is 0 Å². The molecule has 0 aliphatic carbocycles. The van der Waals surface area contributed by atoms with Gasteiger partial charge in [-0.3, -0.25) is 0 Å². The van der Waals surface area contributed by atoms with E-state index in [-0.39, 0.29) is 108 Å². The predicted molar refractivity (Wildman–Crippen MR) is 337 cm³/mol. The molecule has 4 unspecified atom stereocenters. The van der Waals surface area contributed by atoms with Gasteiger partial charge in [0.25, 0.3) is 0 Å². The maximum Gasteiger partial charge on any atom is 0.0776 e. The van der Waals surface area contributed by atoms with Gasteiger partial charge in [0, 0.05) is 41.7 Å². The van der Waals surface area contributed by atoms with Gasteiger partial charge in [-0.25, -0.2) is 0 Å². The van der Waals surface area contributed by atoms with Crippen molar-refractivity contribution in [3.8, 4) is 0 Å². The fourth-order valence-electron chi connectivity index (χ4n) is 5.51. The minimum Gasteiger partial charge on any atom is -0.391 e. The summed E-state index contributed by atoms with van der Waals surface area (Å²) in [5.41, 5.74) is -0.141. The fourth-order valence-corrected chi connectivity index (χ4v) is 5.51. The highest BCUT2D eigenvalue weighted by Gasteiger charge is 2.14. The first-order valence-corrected chi connectivity index (χ1v) is 25.6. The first-order chi connectivity index (χ1) is 30.8. The van der Waals surface area contributed by atoms with E-state index in [1.807, 2.05) is 41.5 Å². The molecule has 0 aliphatic heterocycles. The number of ether oxygens (including phenoxy) is 7. The second kappa shape index (κ2) is 80.0. The summed E-state index contributed by atoms with van der Waals surface area (Å²) in [7, 11) is 6.54. The van der Waals surface area contributed by atoms with E-state index in [4.69, 9.17) is 48.5 Å². The van der Waals surface area contributed by atoms with E-state index in [1.165, 1.54) is 6.42 Å². The first kappa shape index (κ1) is 114. The van der Waals surface area contributed by atoms with E-state index in [0.717, 1.165) is 51.0 Å². The Morgan fingerprint density at radius 2 is 0.573 bits per heavy atom. The highest BCUT2D eigenvalue weighted by atomic mass is 16.5. The maximum absolute atomic E-state index is 9.46. The molecule has 0 rings (SSSR count). The molecule has 0 radical (unpaired) electrons. The second-order valence-corrected chi connectivity index (χ2v) is 21.7. The lowest BCUT2D eigenvalue weighted by atomic mass is 10.1. The summed E-state index contributed by atoms with van der Waals surface area (Å²) in [4.78, 5) is 0. The number of hydrogen-bond donors (Lipinski definition) is 6. The van der Waals surface area contributed by atoms with Crippen LogP contribution in [0, 0.1) is 41.4 Å². The Bertz CT molecular complexity index is 840. The van der Waals surface area contributed by atoms with Crippen LogP contribution in [0.3, 0.4) is 0 Å². The predicted octanol–water partition coefficient (Wildman–Crippen LogP) is 15.3. The molecule has 0 saturated heterocycles. The van der Waals surface area contributed by atoms with Crippen LogP contribution < -0.4 is 0 Å². The normalized spacial score (nSPS) is 12.6. The molecule has 13 heteroatoms. The number of aliphatic hydroxyl groups excluding tert-OH is 6. The average Bonchev–Trinajstić information content (AvgIpc) is 3.14. The molecular weight excluding hydrogens is 953 g/mol. The Labute approximate surface area is 476 Å². The van der Waals surface area contributed by atoms with Gasteiger partial charge in [0.15, 0.2) is 0 Å². The van der Waals surface area contributed by atoms with Gasteiger partial charge >= 0.3 is 0 Å². The summed E-state index contributed by atoms with van der Waals surface area (Å²) < 4.78 is 34.9. The SMILES string of the molecule is C.C.C.C.C.C.C.C.CC(C)CC(O)COC(C)(C)C.CC(C)CC(O)COC(C)C.CCOCC(O)CC(C)C.COCC(O)CC(C)C.COCCC(C)C.COC[C@@H](O)CC(C)C.COC[C@H](O)CC(C)C. The van der Waals surface area contributed by atoms with Crippen molar-refractivity contribution in [3.63, 3.8) is 0 Å². The first-order valence-electron chi connectivity index (χ1n) is 25.6. The van der Waals surface area contributed by atoms with Crippen LogP contribution in [-0.2, 0) is 33.2 Å². The smallest absolute Gasteiger partial charge is 0.0776 e. The fraction of sp³-hybridized carbons (Fsp3) is 1.00. The van der Waals surface area contributed by atoms with Gasteiger partial charge in [-0.1, -0.05) is 156 Å². The highest BCUT2D eigenvalue weighted by Crippen LogP contribution is 2.11. The van der Waals surface area contributed by atoms with Gasteiger partial charge < -0.3 is 63.8 Å². The number of rotatable bonds is 29. The third-order valence-electron chi connectivity index (χ3n) is 8.28. The maximum atomic E-state index is 9.46. The summed E-state index contributed by atoms with van der Waals surface area (Å²) >= 11 is 0. The van der Waals surface area contributed by atoms with Crippen LogP contribution >= 0.6 is 0 Å². The molecule has 6 N–H and O–H groups in total. The van der Waals surface area contributed by atoms with E-state index in [9.17, 15) is 15.3 Å². The molecule has 75 heavy (non-hydrogen) atoms. The molecule has 0 fully saturated rings. The van der Waals surface area contributed by atoms with Crippen LogP contribution in [0.15, 0.2) is 0 Å². The minimum atomic E-state index is -0.316. The van der Waals surface area contributed by atoms with Gasteiger partial charge in [-0.2, -0.15) is 0 Å². The van der Waals surface area contributed by atoms with Crippen LogP contribution in [0.25, 0.3) is 0 Å². The molecule has 0 heterocycles. The lowest BCUT2D eigenvalue weighted by Crippen LogP contribution is -2.26. The van der Waals surface area contributed by atoms with Gasteiger partial charge in [-0.15, -0.1) is 0 Å². The molecule has 13 nitrogen and oxygen atoms in total. The van der Waals surface area contributed by atoms with Crippen molar-refractivity contribution in [2.45, 2.75) is 291 Å². The molecule has 0 aromatic rings. The summed E-state index contributed by atoms with van der Waals surface area (Å²) in [5.74, 6) is 4.06. The highest BCUT2D eigenvalue weighted by molar-refractivity contribution is 4.64. The number of aliphatic hydroxyl groups is 6. The zero-order chi connectivity index (χ0) is 54.1. The zero-order valence-electron chi connectivity index (χ0n) is 48.7.